The van der Waals surface area contributed by atoms with Gasteiger partial charge in [0.2, 0.25) is 11.9 Å². The number of hydrogen-bond donors (Lipinski definition) is 2. The maximum Gasteiger partial charge on any atom is 0.228 e. The average molecular weight is 552 g/mol. The van der Waals surface area contributed by atoms with E-state index in [2.05, 4.69) is 45.8 Å². The minimum atomic E-state index is -0.0710. The number of nitrogens with zero attached hydrogens (tertiary/aromatic N) is 5. The number of fused-ring (bicyclic) bond motifs is 2. The van der Waals surface area contributed by atoms with E-state index in [0.29, 0.717) is 18.1 Å². The third-order valence-corrected chi connectivity index (χ3v) is 7.52. The minimum absolute atomic E-state index is 0.0710. The molecular formula is C34H29N7O. The summed E-state index contributed by atoms with van der Waals surface area (Å²) in [7, 11) is 2.12. The smallest absolute Gasteiger partial charge is 0.228 e. The van der Waals surface area contributed by atoms with Crippen LogP contribution in [0.25, 0.3) is 28.3 Å². The number of carbonyl (C=O) groups is 1. The number of pyridine rings is 1. The van der Waals surface area contributed by atoms with Crippen LogP contribution in [0.2, 0.25) is 0 Å². The summed E-state index contributed by atoms with van der Waals surface area (Å²) in [6.45, 7) is 1.03. The molecule has 1 aliphatic rings. The van der Waals surface area contributed by atoms with Crippen molar-refractivity contribution in [3.8, 4) is 22.6 Å². The fourth-order valence-electron chi connectivity index (χ4n) is 5.50. The molecule has 206 valence electrons. The monoisotopic (exact) mass is 551 g/mol. The molecule has 0 aliphatic carbocycles. The lowest BCUT2D eigenvalue weighted by atomic mass is 10.1. The van der Waals surface area contributed by atoms with Gasteiger partial charge in [0, 0.05) is 48.6 Å². The Kier molecular flexibility index (Phi) is 6.56. The number of carbonyl (C=O) groups excluding carboxylic acids is 1. The average Bonchev–Trinajstić information content (AvgIpc) is 3.58. The van der Waals surface area contributed by atoms with E-state index < -0.39 is 0 Å². The van der Waals surface area contributed by atoms with Gasteiger partial charge in [-0.05, 0) is 66.1 Å². The summed E-state index contributed by atoms with van der Waals surface area (Å²) in [5.74, 6) is 0.441. The van der Waals surface area contributed by atoms with Gasteiger partial charge in [0.15, 0.2) is 0 Å². The van der Waals surface area contributed by atoms with E-state index in [1.807, 2.05) is 89.5 Å². The van der Waals surface area contributed by atoms with Gasteiger partial charge in [0.1, 0.15) is 5.65 Å². The van der Waals surface area contributed by atoms with Gasteiger partial charge in [0.05, 0.1) is 23.5 Å². The maximum atomic E-state index is 12.8. The Balaban J connectivity index is 1.21. The number of imidazole rings is 1. The summed E-state index contributed by atoms with van der Waals surface area (Å²) in [6.07, 6.45) is 5.08. The second-order valence-electron chi connectivity index (χ2n) is 10.4. The molecule has 1 amide bonds. The van der Waals surface area contributed by atoms with E-state index in [0.717, 1.165) is 52.5 Å². The summed E-state index contributed by atoms with van der Waals surface area (Å²) in [5.41, 5.74) is 9.25. The van der Waals surface area contributed by atoms with E-state index in [4.69, 9.17) is 9.97 Å². The molecule has 0 saturated carbocycles. The second kappa shape index (κ2) is 10.8. The molecule has 8 nitrogen and oxygen atoms in total. The van der Waals surface area contributed by atoms with Crippen molar-refractivity contribution in [2.24, 2.45) is 0 Å². The van der Waals surface area contributed by atoms with Crippen molar-refractivity contribution in [3.05, 3.63) is 121 Å². The lowest BCUT2D eigenvalue weighted by Gasteiger charge is -2.13. The Bertz CT molecular complexity index is 1910. The number of amides is 1. The molecule has 3 aromatic heterocycles. The van der Waals surface area contributed by atoms with Crippen molar-refractivity contribution in [2.75, 3.05) is 29.1 Å². The first-order chi connectivity index (χ1) is 20.6. The number of aromatic nitrogens is 4. The number of hydrogen-bond acceptors (Lipinski definition) is 6. The van der Waals surface area contributed by atoms with E-state index in [1.54, 1.807) is 6.20 Å². The molecule has 2 N–H and O–H groups in total. The van der Waals surface area contributed by atoms with Crippen molar-refractivity contribution in [1.29, 1.82) is 0 Å². The van der Waals surface area contributed by atoms with Crippen molar-refractivity contribution in [3.63, 3.8) is 0 Å². The lowest BCUT2D eigenvalue weighted by Crippen LogP contribution is -2.14. The first-order valence-corrected chi connectivity index (χ1v) is 14.0. The first-order valence-electron chi connectivity index (χ1n) is 14.0. The molecule has 7 rings (SSSR count). The maximum absolute atomic E-state index is 12.8. The predicted molar refractivity (Wildman–Crippen MR) is 167 cm³/mol. The Hall–Kier alpha value is -5.50. The third kappa shape index (κ3) is 5.06. The molecule has 0 bridgehead atoms. The molecule has 8 heteroatoms. The van der Waals surface area contributed by atoms with Crippen LogP contribution in [0.1, 0.15) is 11.1 Å². The lowest BCUT2D eigenvalue weighted by molar-refractivity contribution is -0.115. The summed E-state index contributed by atoms with van der Waals surface area (Å²) >= 11 is 0. The van der Waals surface area contributed by atoms with Crippen LogP contribution in [0.3, 0.4) is 0 Å². The van der Waals surface area contributed by atoms with Crippen molar-refractivity contribution < 1.29 is 4.79 Å². The highest BCUT2D eigenvalue weighted by Crippen LogP contribution is 2.34. The minimum Gasteiger partial charge on any atom is -0.374 e. The molecule has 0 radical (unpaired) electrons. The molecule has 42 heavy (non-hydrogen) atoms. The largest absolute Gasteiger partial charge is 0.374 e. The number of rotatable bonds is 7. The molecule has 0 saturated heterocycles. The van der Waals surface area contributed by atoms with Crippen LogP contribution in [0.15, 0.2) is 109 Å². The summed E-state index contributed by atoms with van der Waals surface area (Å²) in [5, 5.41) is 6.43. The van der Waals surface area contributed by atoms with Crippen LogP contribution in [-0.2, 0) is 17.6 Å². The Morgan fingerprint density at radius 1 is 0.881 bits per heavy atom. The van der Waals surface area contributed by atoms with Crippen molar-refractivity contribution in [2.45, 2.75) is 12.8 Å². The van der Waals surface area contributed by atoms with E-state index in [-0.39, 0.29) is 5.91 Å². The Labute approximate surface area is 243 Å². The standard InChI is InChI=1S/C34H29N7O/c1-40-19-16-24-21-27(13-14-29(24)40)37-34-35-17-15-28(38-34)33-32(39-30-12-5-6-18-41(30)33)25-10-7-11-26(22-25)36-31(42)20-23-8-3-2-4-9-23/h2-15,17-18,21-22H,16,19-20H2,1H3,(H,36,42)(H,35,37,38). The highest BCUT2D eigenvalue weighted by Gasteiger charge is 2.19. The van der Waals surface area contributed by atoms with Gasteiger partial charge in [-0.2, -0.15) is 0 Å². The fraction of sp³-hybridized carbons (Fsp3) is 0.118. The number of nitrogens with one attached hydrogen (secondary N) is 2. The van der Waals surface area contributed by atoms with Crippen molar-refractivity contribution >= 4 is 34.6 Å². The van der Waals surface area contributed by atoms with Gasteiger partial charge in [-0.3, -0.25) is 9.20 Å². The molecule has 0 unspecified atom stereocenters. The molecule has 6 aromatic rings. The van der Waals surface area contributed by atoms with Gasteiger partial charge in [-0.25, -0.2) is 15.0 Å². The van der Waals surface area contributed by atoms with Gasteiger partial charge in [-0.15, -0.1) is 0 Å². The number of anilines is 4. The topological polar surface area (TPSA) is 87.5 Å². The molecule has 0 fully saturated rings. The number of benzene rings is 3. The third-order valence-electron chi connectivity index (χ3n) is 7.52. The van der Waals surface area contributed by atoms with Crippen LogP contribution >= 0.6 is 0 Å². The van der Waals surface area contributed by atoms with Crippen LogP contribution in [0, 0.1) is 0 Å². The normalized spacial score (nSPS) is 12.4. The zero-order chi connectivity index (χ0) is 28.5. The van der Waals surface area contributed by atoms with E-state index >= 15 is 0 Å². The zero-order valence-electron chi connectivity index (χ0n) is 23.2. The van der Waals surface area contributed by atoms with E-state index in [9.17, 15) is 4.79 Å². The SMILES string of the molecule is CN1CCc2cc(Nc3nccc(-c4c(-c5cccc(NC(=O)Cc6ccccc6)c5)nc5ccccn45)n3)ccc21. The summed E-state index contributed by atoms with van der Waals surface area (Å²) in [4.78, 5) is 29.4. The number of likely N-dealkylation sites (N-methyl/N-ethyl adjacent to an activating group) is 1. The van der Waals surface area contributed by atoms with Gasteiger partial charge < -0.3 is 15.5 Å². The Morgan fingerprint density at radius 2 is 1.76 bits per heavy atom. The van der Waals surface area contributed by atoms with Gasteiger partial charge in [-0.1, -0.05) is 48.5 Å². The second-order valence-corrected chi connectivity index (χ2v) is 10.4. The molecule has 0 atom stereocenters. The highest BCUT2D eigenvalue weighted by atomic mass is 16.1. The van der Waals surface area contributed by atoms with Gasteiger partial charge in [0.25, 0.3) is 0 Å². The molecular weight excluding hydrogens is 522 g/mol. The quantitative estimate of drug-likeness (QED) is 0.240. The van der Waals surface area contributed by atoms with Crippen LogP contribution in [0.5, 0.6) is 0 Å². The molecule has 4 heterocycles. The molecule has 3 aromatic carbocycles. The van der Waals surface area contributed by atoms with Crippen molar-refractivity contribution in [1.82, 2.24) is 19.4 Å². The van der Waals surface area contributed by atoms with Gasteiger partial charge >= 0.3 is 0 Å². The predicted octanol–water partition coefficient (Wildman–Crippen LogP) is 6.38. The summed E-state index contributed by atoms with van der Waals surface area (Å²) < 4.78 is 2.04. The fourth-order valence-corrected chi connectivity index (χ4v) is 5.50. The van der Waals surface area contributed by atoms with Crippen LogP contribution < -0.4 is 15.5 Å². The van der Waals surface area contributed by atoms with E-state index in [1.165, 1.54) is 11.3 Å². The van der Waals surface area contributed by atoms with Crippen LogP contribution in [0.4, 0.5) is 23.0 Å². The Morgan fingerprint density at radius 3 is 2.67 bits per heavy atom. The zero-order valence-corrected chi connectivity index (χ0v) is 23.2. The first kappa shape index (κ1) is 25.5. The molecule has 1 aliphatic heterocycles. The van der Waals surface area contributed by atoms with Crippen LogP contribution in [-0.4, -0.2) is 38.9 Å². The summed E-state index contributed by atoms with van der Waals surface area (Å²) in [6, 6.07) is 31.7. The molecule has 0 spiro atoms. The highest BCUT2D eigenvalue weighted by molar-refractivity contribution is 5.93.